The van der Waals surface area contributed by atoms with Crippen molar-refractivity contribution in [3.05, 3.63) is 106 Å². The van der Waals surface area contributed by atoms with Crippen LogP contribution in [-0.2, 0) is 27.0 Å². The number of benzene rings is 4. The zero-order chi connectivity index (χ0) is 44.6. The Bertz CT molecular complexity index is 2600. The Labute approximate surface area is 368 Å². The number of carbonyl (C=O) groups excluding carboxylic acids is 4. The molecule has 2 fully saturated rings. The lowest BCUT2D eigenvalue weighted by molar-refractivity contribution is -0.134. The van der Waals surface area contributed by atoms with Crippen LogP contribution in [0.4, 0.5) is 14.5 Å². The van der Waals surface area contributed by atoms with Crippen molar-refractivity contribution in [3.8, 4) is 22.6 Å². The van der Waals surface area contributed by atoms with Gasteiger partial charge in [-0.2, -0.15) is 5.10 Å². The summed E-state index contributed by atoms with van der Waals surface area (Å²) in [5.41, 5.74) is 7.90. The molecule has 4 heterocycles. The minimum atomic E-state index is -1.08. The normalized spacial score (nSPS) is 20.1. The van der Waals surface area contributed by atoms with Gasteiger partial charge in [0.05, 0.1) is 34.8 Å². The molecule has 0 saturated carbocycles. The molecule has 8 rings (SSSR count). The van der Waals surface area contributed by atoms with Crippen LogP contribution in [0.1, 0.15) is 90.9 Å². The van der Waals surface area contributed by atoms with Crippen molar-refractivity contribution in [2.45, 2.75) is 75.3 Å². The number of unbranched alkanes of at least 4 members (excludes halogenated alkanes) is 1. The van der Waals surface area contributed by atoms with Gasteiger partial charge < -0.3 is 30.7 Å². The maximum absolute atomic E-state index is 16.2. The number of aryl methyl sites for hydroxylation is 1. The largest absolute Gasteiger partial charge is 0.494 e. The fourth-order valence-corrected chi connectivity index (χ4v) is 9.66. The van der Waals surface area contributed by atoms with Crippen LogP contribution in [0.25, 0.3) is 22.0 Å². The number of likely N-dealkylation sites (tertiary alicyclic amines) is 1. The molecule has 4 aromatic carbocycles. The molecule has 3 aliphatic heterocycles. The van der Waals surface area contributed by atoms with Gasteiger partial charge in [-0.15, -0.1) is 0 Å². The van der Waals surface area contributed by atoms with Crippen molar-refractivity contribution in [3.63, 3.8) is 0 Å². The Morgan fingerprint density at radius 2 is 1.79 bits per heavy atom. The van der Waals surface area contributed by atoms with Gasteiger partial charge in [0.25, 0.3) is 0 Å². The summed E-state index contributed by atoms with van der Waals surface area (Å²) in [5.74, 6) is -4.07. The summed E-state index contributed by atoms with van der Waals surface area (Å²) in [5, 5.41) is 14.7. The lowest BCUT2D eigenvalue weighted by atomic mass is 9.77. The lowest BCUT2D eigenvalue weighted by Gasteiger charge is -2.38. The van der Waals surface area contributed by atoms with E-state index in [1.165, 1.54) is 25.3 Å². The van der Waals surface area contributed by atoms with Crippen LogP contribution in [0, 0.1) is 11.6 Å². The Morgan fingerprint density at radius 3 is 2.51 bits per heavy atom. The maximum Gasteiger partial charge on any atom is 0.249 e. The second-order valence-electron chi connectivity index (χ2n) is 16.6. The number of imide groups is 1. The van der Waals surface area contributed by atoms with Crippen LogP contribution >= 0.6 is 11.6 Å². The minimum Gasteiger partial charge on any atom is -0.494 e. The molecule has 13 nitrogen and oxygen atoms in total. The molecule has 3 atom stereocenters. The van der Waals surface area contributed by atoms with Crippen LogP contribution < -0.4 is 31.2 Å². The number of primary amides is 1. The van der Waals surface area contributed by atoms with Crippen LogP contribution in [0.5, 0.6) is 11.5 Å². The Morgan fingerprint density at radius 1 is 1.03 bits per heavy atom. The second-order valence-corrected chi connectivity index (χ2v) is 16.9. The molecule has 3 aliphatic rings. The first kappa shape index (κ1) is 43.6. The van der Waals surface area contributed by atoms with Crippen molar-refractivity contribution in [2.75, 3.05) is 38.6 Å². The quantitative estimate of drug-likeness (QED) is 0.0675. The van der Waals surface area contributed by atoms with Crippen LogP contribution in [0.3, 0.4) is 0 Å². The van der Waals surface area contributed by atoms with E-state index in [4.69, 9.17) is 26.8 Å². The average Bonchev–Trinajstić information content (AvgIpc) is 3.75. The number of aromatic nitrogens is 2. The number of amides is 4. The number of halogens is 3. The van der Waals surface area contributed by atoms with Crippen LogP contribution in [-0.4, -0.2) is 77.6 Å². The molecule has 0 spiro atoms. The van der Waals surface area contributed by atoms with E-state index in [2.05, 4.69) is 21.0 Å². The highest BCUT2D eigenvalue weighted by molar-refractivity contribution is 6.34. The summed E-state index contributed by atoms with van der Waals surface area (Å²) in [6.45, 7) is 4.07. The third-order valence-corrected chi connectivity index (χ3v) is 13.2. The molecule has 3 unspecified atom stereocenters. The molecule has 5 N–H and O–H groups in total. The molecular weight excluding hydrogens is 832 g/mol. The average molecular weight is 882 g/mol. The molecule has 4 amide bonds. The summed E-state index contributed by atoms with van der Waals surface area (Å²) in [6.07, 6.45) is 4.10. The fraction of sp³-hybridized carbons (Fsp3) is 0.383. The van der Waals surface area contributed by atoms with E-state index in [1.54, 1.807) is 4.68 Å². The number of hydrogen-bond acceptors (Lipinski definition) is 9. The number of anilines is 1. The standard InChI is InChI=1S/C47H50ClF2N7O6/c1-26-39-36(24-33(49)42(48)41(39)40-31(45(51)60)14-16-35(62-3)43(40)50)63-47(26,27-9-5-4-6-10-27)25-53-28-18-21-57(22-19-28)38(59)11-7-8-20-52-29-12-13-30-34(23-29)56(2)55-44(30)32-15-17-37(58)54-46(32)61/h4-6,9-10,12-14,16,23-24,26,28,32,52-53H,7-8,11,15,17-22,25H2,1-3H3,(H2,51,60)(H,54,58,61). The second kappa shape index (κ2) is 18.0. The number of nitrogens with two attached hydrogens (primary N) is 1. The Kier molecular flexibility index (Phi) is 12.4. The lowest BCUT2D eigenvalue weighted by Crippen LogP contribution is -2.50. The molecule has 1 aromatic heterocycles. The van der Waals surface area contributed by atoms with Gasteiger partial charge >= 0.3 is 0 Å². The molecule has 0 aliphatic carbocycles. The molecule has 5 aromatic rings. The number of nitrogens with zero attached hydrogens (tertiary/aromatic N) is 3. The fourth-order valence-electron chi connectivity index (χ4n) is 9.41. The molecule has 0 bridgehead atoms. The highest BCUT2D eigenvalue weighted by Gasteiger charge is 2.50. The van der Waals surface area contributed by atoms with E-state index >= 15 is 8.78 Å². The summed E-state index contributed by atoms with van der Waals surface area (Å²) in [6, 6.07) is 19.3. The molecule has 16 heteroatoms. The highest BCUT2D eigenvalue weighted by Crippen LogP contribution is 2.56. The minimum absolute atomic E-state index is 0.0157. The van der Waals surface area contributed by atoms with Crippen molar-refractivity contribution in [1.29, 1.82) is 0 Å². The molecule has 0 radical (unpaired) electrons. The van der Waals surface area contributed by atoms with Gasteiger partial charge in [-0.1, -0.05) is 48.9 Å². The van der Waals surface area contributed by atoms with Crippen LogP contribution in [0.2, 0.25) is 5.02 Å². The van der Waals surface area contributed by atoms with E-state index in [-0.39, 0.29) is 63.4 Å². The number of carbonyl (C=O) groups is 4. The predicted octanol–water partition coefficient (Wildman–Crippen LogP) is 7.05. The maximum atomic E-state index is 16.2. The molecule has 2 saturated heterocycles. The molecule has 330 valence electrons. The first-order valence-electron chi connectivity index (χ1n) is 21.3. The van der Waals surface area contributed by atoms with Crippen molar-refractivity contribution < 1.29 is 37.4 Å². The number of fused-ring (bicyclic) bond motifs is 2. The van der Waals surface area contributed by atoms with Crippen molar-refractivity contribution >= 4 is 51.8 Å². The van der Waals surface area contributed by atoms with Gasteiger partial charge in [0.15, 0.2) is 17.2 Å². The van der Waals surface area contributed by atoms with E-state index in [0.29, 0.717) is 63.1 Å². The number of nitrogens with one attached hydrogen (secondary N) is 3. The molecule has 63 heavy (non-hydrogen) atoms. The first-order chi connectivity index (χ1) is 30.3. The van der Waals surface area contributed by atoms with E-state index in [0.717, 1.165) is 35.0 Å². The van der Waals surface area contributed by atoms with E-state index in [1.807, 2.05) is 67.4 Å². The van der Waals surface area contributed by atoms with Crippen LogP contribution in [0.15, 0.2) is 66.7 Å². The van der Waals surface area contributed by atoms with E-state index < -0.39 is 35.0 Å². The van der Waals surface area contributed by atoms with Gasteiger partial charge in [0, 0.05) is 91.9 Å². The SMILES string of the molecule is COc1ccc(C(N)=O)c(-c2c(Cl)c(F)cc3c2C(C)C(CNC2CCN(C(=O)CCCCNc4ccc5c(C6CCC(=O)NC6=O)nn(C)c5c4)CC2)(c2ccccc2)O3)c1F. The zero-order valence-corrected chi connectivity index (χ0v) is 36.1. The number of methoxy groups -OCH3 is 1. The van der Waals surface area contributed by atoms with Crippen molar-refractivity contribution in [2.24, 2.45) is 12.8 Å². The highest BCUT2D eigenvalue weighted by atomic mass is 35.5. The third-order valence-electron chi connectivity index (χ3n) is 12.8. The Hall–Kier alpha value is -6.06. The first-order valence-corrected chi connectivity index (χ1v) is 21.7. The van der Waals surface area contributed by atoms with E-state index in [9.17, 15) is 19.2 Å². The smallest absolute Gasteiger partial charge is 0.249 e. The Balaban J connectivity index is 0.879. The summed E-state index contributed by atoms with van der Waals surface area (Å²) >= 11 is 6.66. The number of ether oxygens (including phenoxy) is 2. The van der Waals surface area contributed by atoms with Gasteiger partial charge in [0.2, 0.25) is 23.6 Å². The van der Waals surface area contributed by atoms with Gasteiger partial charge in [0.1, 0.15) is 11.6 Å². The van der Waals surface area contributed by atoms with Crippen molar-refractivity contribution in [1.82, 2.24) is 25.3 Å². The summed E-state index contributed by atoms with van der Waals surface area (Å²) in [4.78, 5) is 52.0. The molecular formula is C47H50ClF2N7O6. The number of rotatable bonds is 14. The topological polar surface area (TPSA) is 170 Å². The zero-order valence-electron chi connectivity index (χ0n) is 35.4. The van der Waals surface area contributed by atoms with Gasteiger partial charge in [-0.3, -0.25) is 29.2 Å². The van der Waals surface area contributed by atoms with Gasteiger partial charge in [-0.05, 0) is 68.0 Å². The third kappa shape index (κ3) is 8.31. The monoisotopic (exact) mass is 881 g/mol. The number of piperidine rings is 2. The summed E-state index contributed by atoms with van der Waals surface area (Å²) < 4.78 is 45.6. The van der Waals surface area contributed by atoms with Gasteiger partial charge in [-0.25, -0.2) is 8.78 Å². The summed E-state index contributed by atoms with van der Waals surface area (Å²) in [7, 11) is 3.13. The number of hydrogen-bond donors (Lipinski definition) is 4. The predicted molar refractivity (Wildman–Crippen MR) is 235 cm³/mol.